The Bertz CT molecular complexity index is 1180. The SMILES string of the molecule is Cc1ccc(-c2ncccc(C)c[nH]c2CN(C)C(=O)c2ccc([N+](=O)C(C)C)cc2)cc1. The van der Waals surface area contributed by atoms with Crippen LogP contribution in [0, 0.1) is 18.8 Å². The van der Waals surface area contributed by atoms with Gasteiger partial charge in [-0.3, -0.25) is 9.78 Å². The molecule has 0 bridgehead atoms. The highest BCUT2D eigenvalue weighted by molar-refractivity contribution is 5.94. The first-order valence-electron chi connectivity index (χ1n) is 11.0. The molecular weight excluding hydrogens is 412 g/mol. The van der Waals surface area contributed by atoms with Crippen LogP contribution in [0.1, 0.15) is 41.0 Å². The second kappa shape index (κ2) is 10.7. The van der Waals surface area contributed by atoms with Crippen LogP contribution in [0.15, 0.2) is 73.1 Å². The summed E-state index contributed by atoms with van der Waals surface area (Å²) in [5.74, 6) is -0.135. The minimum absolute atomic E-state index is 0.135. The summed E-state index contributed by atoms with van der Waals surface area (Å²) in [6.07, 6.45) is 3.68. The summed E-state index contributed by atoms with van der Waals surface area (Å²) in [5, 5.41) is 0. The number of amides is 1. The molecule has 0 aliphatic heterocycles. The Balaban J connectivity index is 1.94. The van der Waals surface area contributed by atoms with Gasteiger partial charge in [0.25, 0.3) is 11.6 Å². The number of carbonyl (C=O) groups is 1. The summed E-state index contributed by atoms with van der Waals surface area (Å²) in [6.45, 7) is 8.04. The topological polar surface area (TPSA) is 69.1 Å². The monoisotopic (exact) mass is 443 g/mol. The van der Waals surface area contributed by atoms with Crippen molar-refractivity contribution < 1.29 is 9.55 Å². The number of aryl methyl sites for hydroxylation is 2. The number of aromatic amines is 1. The summed E-state index contributed by atoms with van der Waals surface area (Å²) < 4.78 is 0.929. The number of nitrogens with one attached hydrogen (secondary N) is 1. The van der Waals surface area contributed by atoms with Crippen LogP contribution in [0.2, 0.25) is 0 Å². The van der Waals surface area contributed by atoms with E-state index in [1.807, 2.05) is 70.3 Å². The molecule has 0 saturated carbocycles. The van der Waals surface area contributed by atoms with E-state index >= 15 is 0 Å². The number of rotatable bonds is 6. The van der Waals surface area contributed by atoms with Crippen LogP contribution in [0.4, 0.5) is 5.69 Å². The van der Waals surface area contributed by atoms with Crippen LogP contribution in [0.25, 0.3) is 11.3 Å². The maximum Gasteiger partial charge on any atom is 0.256 e. The average molecular weight is 444 g/mol. The summed E-state index contributed by atoms with van der Waals surface area (Å²) in [7, 11) is 1.76. The summed E-state index contributed by atoms with van der Waals surface area (Å²) >= 11 is 0. The minimum Gasteiger partial charge on any atom is -0.362 e. The molecule has 0 fully saturated rings. The molecule has 33 heavy (non-hydrogen) atoms. The molecule has 6 nitrogen and oxygen atoms in total. The van der Waals surface area contributed by atoms with Gasteiger partial charge in [-0.2, -0.15) is 0 Å². The second-order valence-corrected chi connectivity index (χ2v) is 8.49. The first kappa shape index (κ1) is 23.9. The maximum atomic E-state index is 13.1. The van der Waals surface area contributed by atoms with Crippen LogP contribution in [0.3, 0.4) is 0 Å². The van der Waals surface area contributed by atoms with Gasteiger partial charge in [0.05, 0.1) is 17.9 Å². The van der Waals surface area contributed by atoms with Gasteiger partial charge in [0, 0.05) is 66.2 Å². The van der Waals surface area contributed by atoms with Crippen molar-refractivity contribution in [3.63, 3.8) is 0 Å². The van der Waals surface area contributed by atoms with Gasteiger partial charge in [0.2, 0.25) is 6.04 Å². The molecule has 3 aromatic rings. The van der Waals surface area contributed by atoms with Gasteiger partial charge in [-0.1, -0.05) is 35.9 Å². The van der Waals surface area contributed by atoms with Gasteiger partial charge in [0.15, 0.2) is 0 Å². The Morgan fingerprint density at radius 3 is 2.30 bits per heavy atom. The number of nitroso groups, excluding NO2 is 1. The van der Waals surface area contributed by atoms with E-state index in [9.17, 15) is 9.70 Å². The second-order valence-electron chi connectivity index (χ2n) is 8.49. The molecule has 1 amide bonds. The van der Waals surface area contributed by atoms with Crippen LogP contribution >= 0.6 is 0 Å². The van der Waals surface area contributed by atoms with E-state index < -0.39 is 0 Å². The molecule has 0 aliphatic carbocycles. The van der Waals surface area contributed by atoms with Gasteiger partial charge >= 0.3 is 0 Å². The van der Waals surface area contributed by atoms with E-state index in [2.05, 4.69) is 9.97 Å². The Labute approximate surface area is 195 Å². The number of aromatic nitrogens is 2. The fourth-order valence-corrected chi connectivity index (χ4v) is 3.37. The quantitative estimate of drug-likeness (QED) is 0.482. The third kappa shape index (κ3) is 6.13. The Morgan fingerprint density at radius 1 is 1.00 bits per heavy atom. The van der Waals surface area contributed by atoms with Crippen LogP contribution in [-0.2, 0) is 6.54 Å². The first-order chi connectivity index (χ1) is 15.8. The van der Waals surface area contributed by atoms with Crippen molar-refractivity contribution >= 4 is 11.6 Å². The van der Waals surface area contributed by atoms with Crippen LogP contribution in [0.5, 0.6) is 0 Å². The molecule has 1 heterocycles. The number of benzene rings is 2. The average Bonchev–Trinajstić information content (AvgIpc) is 2.89. The predicted molar refractivity (Wildman–Crippen MR) is 132 cm³/mol. The number of hydrogen-bond acceptors (Lipinski definition) is 3. The molecule has 3 rings (SSSR count). The van der Waals surface area contributed by atoms with E-state index in [0.29, 0.717) is 17.8 Å². The fraction of sp³-hybridized carbons (Fsp3) is 0.259. The molecule has 1 aromatic heterocycles. The van der Waals surface area contributed by atoms with Gasteiger partial charge in [-0.25, -0.2) is 0 Å². The zero-order valence-electron chi connectivity index (χ0n) is 19.9. The predicted octanol–water partition coefficient (Wildman–Crippen LogP) is 5.91. The fourth-order valence-electron chi connectivity index (χ4n) is 3.37. The highest BCUT2D eigenvalue weighted by atomic mass is 16.3. The molecule has 170 valence electrons. The molecule has 6 heteroatoms. The van der Waals surface area contributed by atoms with Gasteiger partial charge < -0.3 is 9.88 Å². The van der Waals surface area contributed by atoms with Crippen molar-refractivity contribution in [3.05, 3.63) is 100 Å². The smallest absolute Gasteiger partial charge is 0.256 e. The summed E-state index contributed by atoms with van der Waals surface area (Å²) in [6, 6.07) is 18.6. The third-order valence-electron chi connectivity index (χ3n) is 5.31. The highest BCUT2D eigenvalue weighted by Crippen LogP contribution is 2.22. The standard InChI is InChI=1S/C27H31N4O2/c1-19(2)31(33)24-14-12-23(13-15-24)27(32)30(5)18-25-26(22-10-8-20(3)9-11-22)28-16-6-7-21(4)17-29-25/h6-17,19,29H,18H2,1-5H3/q+1. The maximum absolute atomic E-state index is 13.1. The largest absolute Gasteiger partial charge is 0.362 e. The number of hydrogen-bond donors (Lipinski definition) is 1. The van der Waals surface area contributed by atoms with Crippen molar-refractivity contribution in [2.75, 3.05) is 7.05 Å². The molecule has 0 aliphatic rings. The van der Waals surface area contributed by atoms with Crippen molar-refractivity contribution in [1.29, 1.82) is 0 Å². The molecule has 1 N–H and O–H groups in total. The van der Waals surface area contributed by atoms with Crippen molar-refractivity contribution in [2.45, 2.75) is 40.3 Å². The molecule has 0 saturated heterocycles. The lowest BCUT2D eigenvalue weighted by atomic mass is 10.1. The van der Waals surface area contributed by atoms with Crippen molar-refractivity contribution in [1.82, 2.24) is 14.9 Å². The van der Waals surface area contributed by atoms with Crippen molar-refractivity contribution in [3.8, 4) is 11.3 Å². The van der Waals surface area contributed by atoms with E-state index in [1.54, 1.807) is 42.4 Å². The van der Waals surface area contributed by atoms with Crippen molar-refractivity contribution in [2.24, 2.45) is 0 Å². The lowest BCUT2D eigenvalue weighted by Gasteiger charge is -2.18. The lowest BCUT2D eigenvalue weighted by Crippen LogP contribution is -2.27. The van der Waals surface area contributed by atoms with E-state index in [4.69, 9.17) is 0 Å². The van der Waals surface area contributed by atoms with Gasteiger partial charge in [-0.05, 0) is 37.6 Å². The molecule has 0 radical (unpaired) electrons. The number of nitrogens with zero attached hydrogens (tertiary/aromatic N) is 3. The molecular formula is C27H31N4O2+. The molecule has 0 spiro atoms. The van der Waals surface area contributed by atoms with Gasteiger partial charge in [-0.15, -0.1) is 0 Å². The molecule has 0 unspecified atom stereocenters. The number of H-pyrrole nitrogens is 1. The Hall–Kier alpha value is -3.80. The summed E-state index contributed by atoms with van der Waals surface area (Å²) in [5.41, 5.74) is 5.83. The normalized spacial score (nSPS) is 10.6. The minimum atomic E-state index is -0.164. The van der Waals surface area contributed by atoms with Gasteiger partial charge in [0.1, 0.15) is 0 Å². The molecule has 0 atom stereocenters. The van der Waals surface area contributed by atoms with E-state index in [-0.39, 0.29) is 11.9 Å². The lowest BCUT2D eigenvalue weighted by molar-refractivity contribution is -0.497. The van der Waals surface area contributed by atoms with E-state index in [1.165, 1.54) is 5.56 Å². The molecule has 2 aromatic carbocycles. The Morgan fingerprint density at radius 2 is 1.67 bits per heavy atom. The zero-order valence-corrected chi connectivity index (χ0v) is 19.9. The zero-order chi connectivity index (χ0) is 24.0. The van der Waals surface area contributed by atoms with E-state index in [0.717, 1.165) is 27.3 Å². The Kier molecular flexibility index (Phi) is 7.72. The van der Waals surface area contributed by atoms with Crippen LogP contribution < -0.4 is 0 Å². The first-order valence-corrected chi connectivity index (χ1v) is 11.0. The third-order valence-corrected chi connectivity index (χ3v) is 5.31. The van der Waals surface area contributed by atoms with Crippen LogP contribution in [-0.4, -0.2) is 38.6 Å². The summed E-state index contributed by atoms with van der Waals surface area (Å²) in [4.78, 5) is 34.9. The number of carbonyl (C=O) groups excluding carboxylic acids is 1. The highest BCUT2D eigenvalue weighted by Gasteiger charge is 2.20.